The number of hydrogen-bond acceptors (Lipinski definition) is 4. The van der Waals surface area contributed by atoms with Gasteiger partial charge in [-0.05, 0) is 28.8 Å². The molecule has 0 saturated carbocycles. The molecule has 2 heterocycles. The molecule has 0 unspecified atom stereocenters. The maximum Gasteiger partial charge on any atom is 0.237 e. The van der Waals surface area contributed by atoms with Gasteiger partial charge < -0.3 is 20.1 Å². The van der Waals surface area contributed by atoms with Crippen LogP contribution in [0.25, 0.3) is 11.1 Å². The average Bonchev–Trinajstić information content (AvgIpc) is 2.64. The number of hydrogen-bond donors (Lipinski definition) is 2. The van der Waals surface area contributed by atoms with Gasteiger partial charge in [0.15, 0.2) is 0 Å². The van der Waals surface area contributed by atoms with Gasteiger partial charge in [-0.25, -0.2) is 0 Å². The predicted molar refractivity (Wildman–Crippen MR) is 95.5 cm³/mol. The number of carbonyl (C=O) groups excluding carboxylic acids is 1. The van der Waals surface area contributed by atoms with Crippen molar-refractivity contribution in [1.82, 2.24) is 10.2 Å². The fourth-order valence-corrected chi connectivity index (χ4v) is 4.11. The summed E-state index contributed by atoms with van der Waals surface area (Å²) in [7, 11) is 1.67. The molecule has 3 atom stereocenters. The van der Waals surface area contributed by atoms with Crippen molar-refractivity contribution in [3.63, 3.8) is 0 Å². The number of carbonyl (C=O) groups is 1. The first kappa shape index (κ1) is 16.1. The number of rotatable bonds is 4. The number of benzene rings is 2. The van der Waals surface area contributed by atoms with Crippen LogP contribution < -0.4 is 10.1 Å². The van der Waals surface area contributed by atoms with E-state index >= 15 is 0 Å². The van der Waals surface area contributed by atoms with Gasteiger partial charge in [0.2, 0.25) is 5.91 Å². The summed E-state index contributed by atoms with van der Waals surface area (Å²) in [5.41, 5.74) is 3.40. The Labute approximate surface area is 147 Å². The van der Waals surface area contributed by atoms with Crippen LogP contribution in [0.15, 0.2) is 48.5 Å². The normalized spacial score (nSPS) is 25.3. The Morgan fingerprint density at radius 3 is 2.72 bits per heavy atom. The first-order valence-corrected chi connectivity index (χ1v) is 8.60. The summed E-state index contributed by atoms with van der Waals surface area (Å²) in [6, 6.07) is 16.4. The summed E-state index contributed by atoms with van der Waals surface area (Å²) in [6.45, 7) is 1.16. The number of nitrogens with one attached hydrogen (secondary N) is 1. The van der Waals surface area contributed by atoms with Gasteiger partial charge in [-0.2, -0.15) is 0 Å². The average molecular weight is 338 g/mol. The topological polar surface area (TPSA) is 61.8 Å². The van der Waals surface area contributed by atoms with E-state index in [4.69, 9.17) is 4.74 Å². The second-order valence-electron chi connectivity index (χ2n) is 6.63. The maximum absolute atomic E-state index is 12.0. The number of ether oxygens (including phenoxy) is 1. The van der Waals surface area contributed by atoms with E-state index in [1.165, 1.54) is 5.56 Å². The molecule has 2 aromatic rings. The highest BCUT2D eigenvalue weighted by molar-refractivity contribution is 5.81. The number of aliphatic hydroxyl groups excluding tert-OH is 1. The van der Waals surface area contributed by atoms with E-state index in [0.717, 1.165) is 23.4 Å². The molecule has 2 aliphatic rings. The Bertz CT molecular complexity index is 769. The molecule has 2 aromatic carbocycles. The standard InChI is InChI=1S/C20H22N2O3/c1-25-16-4-2-3-15(9-16)13-5-7-14(8-6-13)20-17-10-21-11-19(24)22(17)18(20)12-23/h2-9,17-18,20-21,23H,10-12H2,1H3/t17-,18+,20+/m1/s1. The number of aliphatic hydroxyl groups is 1. The summed E-state index contributed by atoms with van der Waals surface area (Å²) < 4.78 is 5.29. The van der Waals surface area contributed by atoms with Gasteiger partial charge in [-0.15, -0.1) is 0 Å². The molecule has 130 valence electrons. The molecule has 5 nitrogen and oxygen atoms in total. The monoisotopic (exact) mass is 338 g/mol. The van der Waals surface area contributed by atoms with E-state index in [-0.39, 0.29) is 30.5 Å². The molecule has 25 heavy (non-hydrogen) atoms. The molecular weight excluding hydrogens is 316 g/mol. The first-order valence-electron chi connectivity index (χ1n) is 8.60. The van der Waals surface area contributed by atoms with Crippen molar-refractivity contribution in [2.45, 2.75) is 18.0 Å². The smallest absolute Gasteiger partial charge is 0.237 e. The van der Waals surface area contributed by atoms with Gasteiger partial charge in [0.25, 0.3) is 0 Å². The third-order valence-corrected chi connectivity index (χ3v) is 5.35. The zero-order valence-corrected chi connectivity index (χ0v) is 14.2. The highest BCUT2D eigenvalue weighted by atomic mass is 16.5. The van der Waals surface area contributed by atoms with Crippen molar-refractivity contribution in [3.05, 3.63) is 54.1 Å². The summed E-state index contributed by atoms with van der Waals surface area (Å²) in [4.78, 5) is 13.9. The molecule has 0 aliphatic carbocycles. The van der Waals surface area contributed by atoms with E-state index in [1.54, 1.807) is 7.11 Å². The van der Waals surface area contributed by atoms with Crippen LogP contribution in [0.5, 0.6) is 5.75 Å². The number of nitrogens with zero attached hydrogens (tertiary/aromatic N) is 1. The van der Waals surface area contributed by atoms with Gasteiger partial charge in [0, 0.05) is 12.5 Å². The molecule has 4 rings (SSSR count). The van der Waals surface area contributed by atoms with Gasteiger partial charge in [-0.1, -0.05) is 36.4 Å². The van der Waals surface area contributed by atoms with E-state index in [1.807, 2.05) is 23.1 Å². The Hall–Kier alpha value is -2.37. The zero-order chi connectivity index (χ0) is 17.4. The summed E-state index contributed by atoms with van der Waals surface area (Å²) in [5, 5.41) is 12.9. The van der Waals surface area contributed by atoms with Gasteiger partial charge in [-0.3, -0.25) is 4.79 Å². The second-order valence-corrected chi connectivity index (χ2v) is 6.63. The lowest BCUT2D eigenvalue weighted by Crippen LogP contribution is -2.72. The van der Waals surface area contributed by atoms with Crippen LogP contribution in [-0.2, 0) is 4.79 Å². The fourth-order valence-electron chi connectivity index (χ4n) is 4.11. The zero-order valence-electron chi connectivity index (χ0n) is 14.2. The largest absolute Gasteiger partial charge is 0.497 e. The van der Waals surface area contributed by atoms with Crippen LogP contribution in [-0.4, -0.2) is 54.8 Å². The Morgan fingerprint density at radius 1 is 1.20 bits per heavy atom. The Morgan fingerprint density at radius 2 is 2.00 bits per heavy atom. The van der Waals surface area contributed by atoms with Crippen LogP contribution in [0, 0.1) is 0 Å². The van der Waals surface area contributed by atoms with Gasteiger partial charge >= 0.3 is 0 Å². The number of methoxy groups -OCH3 is 1. The third kappa shape index (κ3) is 2.69. The van der Waals surface area contributed by atoms with Crippen molar-refractivity contribution in [3.8, 4) is 16.9 Å². The molecular formula is C20H22N2O3. The molecule has 2 saturated heterocycles. The Balaban J connectivity index is 1.58. The van der Waals surface area contributed by atoms with Crippen molar-refractivity contribution in [2.24, 2.45) is 0 Å². The van der Waals surface area contributed by atoms with Crippen LogP contribution >= 0.6 is 0 Å². The van der Waals surface area contributed by atoms with E-state index in [2.05, 4.69) is 35.6 Å². The molecule has 0 radical (unpaired) electrons. The molecule has 2 fully saturated rings. The molecule has 5 heteroatoms. The minimum Gasteiger partial charge on any atom is -0.497 e. The lowest BCUT2D eigenvalue weighted by atomic mass is 9.74. The van der Waals surface area contributed by atoms with E-state index in [9.17, 15) is 9.90 Å². The summed E-state index contributed by atoms with van der Waals surface area (Å²) in [5.74, 6) is 1.10. The number of piperazine rings is 1. The second kappa shape index (κ2) is 6.50. The van der Waals surface area contributed by atoms with Crippen LogP contribution in [0.1, 0.15) is 11.5 Å². The molecule has 0 aromatic heterocycles. The van der Waals surface area contributed by atoms with Crippen LogP contribution in [0.4, 0.5) is 0 Å². The molecule has 2 N–H and O–H groups in total. The SMILES string of the molecule is COc1cccc(-c2ccc([C@H]3[C@H]4CNCC(=O)N4[C@H]3CO)cc2)c1. The lowest BCUT2D eigenvalue weighted by Gasteiger charge is -2.57. The lowest BCUT2D eigenvalue weighted by molar-refractivity contribution is -0.153. The van der Waals surface area contributed by atoms with Crippen molar-refractivity contribution < 1.29 is 14.6 Å². The van der Waals surface area contributed by atoms with Crippen LogP contribution in [0.2, 0.25) is 0 Å². The minimum absolute atomic E-state index is 0.00451. The van der Waals surface area contributed by atoms with E-state index < -0.39 is 0 Å². The van der Waals surface area contributed by atoms with Crippen molar-refractivity contribution in [1.29, 1.82) is 0 Å². The van der Waals surface area contributed by atoms with Crippen LogP contribution in [0.3, 0.4) is 0 Å². The number of amides is 1. The van der Waals surface area contributed by atoms with E-state index in [0.29, 0.717) is 6.54 Å². The van der Waals surface area contributed by atoms with Crippen molar-refractivity contribution in [2.75, 3.05) is 26.8 Å². The third-order valence-electron chi connectivity index (χ3n) is 5.35. The van der Waals surface area contributed by atoms with Crippen molar-refractivity contribution >= 4 is 5.91 Å². The molecule has 0 bridgehead atoms. The summed E-state index contributed by atoms with van der Waals surface area (Å²) >= 11 is 0. The molecule has 0 spiro atoms. The quantitative estimate of drug-likeness (QED) is 0.889. The predicted octanol–water partition coefficient (Wildman–Crippen LogP) is 1.62. The highest BCUT2D eigenvalue weighted by Crippen LogP contribution is 2.41. The minimum atomic E-state index is -0.109. The van der Waals surface area contributed by atoms with Gasteiger partial charge in [0.05, 0.1) is 32.3 Å². The Kier molecular flexibility index (Phi) is 4.19. The first-order chi connectivity index (χ1) is 12.2. The number of fused-ring (bicyclic) bond motifs is 1. The highest BCUT2D eigenvalue weighted by Gasteiger charge is 2.52. The fraction of sp³-hybridized carbons (Fsp3) is 0.350. The maximum atomic E-state index is 12.0. The van der Waals surface area contributed by atoms with Gasteiger partial charge in [0.1, 0.15) is 5.75 Å². The summed E-state index contributed by atoms with van der Waals surface area (Å²) in [6.07, 6.45) is 0. The molecule has 1 amide bonds. The molecule has 2 aliphatic heterocycles.